The van der Waals surface area contributed by atoms with E-state index in [0.717, 1.165) is 69.9 Å². The molecule has 1 amide bonds. The number of halogens is 2. The fraction of sp³-hybridized carbons (Fsp3) is 0.829. The lowest BCUT2D eigenvalue weighted by atomic mass is 9.98. The number of rotatable bonds is 31. The van der Waals surface area contributed by atoms with Gasteiger partial charge in [-0.2, -0.15) is 0 Å². The number of nitrogens with one attached hydrogen (secondary N) is 1. The van der Waals surface area contributed by atoms with E-state index in [1.165, 1.54) is 57.4 Å². The smallest absolute Gasteiger partial charge is 0.220 e. The summed E-state index contributed by atoms with van der Waals surface area (Å²) in [6, 6.07) is 2.37. The molecule has 0 aliphatic carbocycles. The standard InChI is InChI=1S/C41H71F2NO10/c1-2-3-4-5-6-7-8-9-10-12-16-19-22-34(47)37(49)32(28-53-41-40(52)39(51)38(50)35(27-45)54-41)44-36(48)23-20-17-14-11-13-15-18-21-33(46)29-24-25-30(42)31(43)26-29/h24-26,32-35,37-41,45-47,49-52H,2-23,27-28H2,1H3,(H,44,48)/t32-,33-,34+,35?,37-,38-,39-,40?,41-/m0/s1. The first-order valence-corrected chi connectivity index (χ1v) is 20.7. The van der Waals surface area contributed by atoms with E-state index in [1.807, 2.05) is 0 Å². The number of aliphatic hydroxyl groups is 7. The van der Waals surface area contributed by atoms with Gasteiger partial charge in [0.25, 0.3) is 0 Å². The van der Waals surface area contributed by atoms with Crippen molar-refractivity contribution < 1.29 is 58.8 Å². The maximum Gasteiger partial charge on any atom is 0.220 e. The highest BCUT2D eigenvalue weighted by molar-refractivity contribution is 5.76. The third kappa shape index (κ3) is 18.9. The molecule has 2 unspecified atom stereocenters. The van der Waals surface area contributed by atoms with Gasteiger partial charge in [0.1, 0.15) is 30.5 Å². The zero-order valence-electron chi connectivity index (χ0n) is 32.5. The Bertz CT molecular complexity index is 1120. The third-order valence-electron chi connectivity index (χ3n) is 10.5. The Hall–Kier alpha value is -1.81. The first-order valence-electron chi connectivity index (χ1n) is 20.7. The quantitative estimate of drug-likeness (QED) is 0.0440. The second-order valence-corrected chi connectivity index (χ2v) is 15.1. The number of hydrogen-bond acceptors (Lipinski definition) is 10. The first kappa shape index (κ1) is 48.3. The molecule has 0 saturated carbocycles. The molecule has 8 N–H and O–H groups in total. The van der Waals surface area contributed by atoms with Gasteiger partial charge in [-0.1, -0.05) is 129 Å². The average Bonchev–Trinajstić information content (AvgIpc) is 3.16. The van der Waals surface area contributed by atoms with Crippen LogP contribution in [0.5, 0.6) is 0 Å². The van der Waals surface area contributed by atoms with Crippen LogP contribution in [0.2, 0.25) is 0 Å². The number of carbonyl (C=O) groups excluding carboxylic acids is 1. The van der Waals surface area contributed by atoms with Gasteiger partial charge >= 0.3 is 0 Å². The minimum Gasteiger partial charge on any atom is -0.394 e. The normalized spacial score (nSPS) is 22.5. The van der Waals surface area contributed by atoms with Crippen LogP contribution in [0, 0.1) is 11.6 Å². The molecule has 1 fully saturated rings. The fourth-order valence-corrected chi connectivity index (χ4v) is 6.94. The lowest BCUT2D eigenvalue weighted by Crippen LogP contribution is -2.60. The van der Waals surface area contributed by atoms with Crippen LogP contribution in [-0.2, 0) is 14.3 Å². The third-order valence-corrected chi connectivity index (χ3v) is 10.5. The van der Waals surface area contributed by atoms with Gasteiger partial charge in [0.05, 0.1) is 31.5 Å². The lowest BCUT2D eigenvalue weighted by Gasteiger charge is -2.40. The molecular formula is C41H71F2NO10. The highest BCUT2D eigenvalue weighted by Crippen LogP contribution is 2.24. The maximum atomic E-state index is 13.4. The van der Waals surface area contributed by atoms with Crippen LogP contribution in [-0.4, -0.2) is 104 Å². The average molecular weight is 776 g/mol. The van der Waals surface area contributed by atoms with E-state index in [2.05, 4.69) is 12.2 Å². The molecular weight excluding hydrogens is 704 g/mol. The highest BCUT2D eigenvalue weighted by atomic mass is 19.2. The Labute approximate surface area is 321 Å². The SMILES string of the molecule is CCCCCCCCCCCCCC[C@@H](O)[C@@H](O)[C@H](CO[C@H]1OC(CO)[C@H](O)[C@H](O)C1O)NC(=O)CCCCCCCCC[C@H](O)c1ccc(F)c(F)c1. The summed E-state index contributed by atoms with van der Waals surface area (Å²) in [5.41, 5.74) is 0.358. The minimum absolute atomic E-state index is 0.179. The predicted molar refractivity (Wildman–Crippen MR) is 202 cm³/mol. The first-order chi connectivity index (χ1) is 26.0. The largest absolute Gasteiger partial charge is 0.394 e. The van der Waals surface area contributed by atoms with Crippen LogP contribution >= 0.6 is 0 Å². The van der Waals surface area contributed by atoms with Crippen molar-refractivity contribution in [2.75, 3.05) is 13.2 Å². The van der Waals surface area contributed by atoms with Crippen LogP contribution in [0.3, 0.4) is 0 Å². The number of amides is 1. The zero-order valence-corrected chi connectivity index (χ0v) is 32.5. The second kappa shape index (κ2) is 28.6. The van der Waals surface area contributed by atoms with Crippen molar-refractivity contribution >= 4 is 5.91 Å². The number of benzene rings is 1. The van der Waals surface area contributed by atoms with Gasteiger partial charge in [0.15, 0.2) is 17.9 Å². The molecule has 1 heterocycles. The minimum atomic E-state index is -1.65. The molecule has 1 aromatic carbocycles. The summed E-state index contributed by atoms with van der Waals surface area (Å²) in [6.45, 7) is 1.22. The van der Waals surface area contributed by atoms with E-state index in [0.29, 0.717) is 31.2 Å². The number of carbonyl (C=O) groups is 1. The summed E-state index contributed by atoms with van der Waals surface area (Å²) in [4.78, 5) is 12.9. The molecule has 0 aromatic heterocycles. The number of hydrogen-bond donors (Lipinski definition) is 8. The second-order valence-electron chi connectivity index (χ2n) is 15.1. The summed E-state index contributed by atoms with van der Waals surface area (Å²) in [5, 5.41) is 75.1. The van der Waals surface area contributed by atoms with Crippen molar-refractivity contribution in [3.05, 3.63) is 35.4 Å². The summed E-state index contributed by atoms with van der Waals surface area (Å²) in [6.07, 6.45) is 9.85. The predicted octanol–water partition coefficient (Wildman–Crippen LogP) is 5.62. The molecule has 9 atom stereocenters. The molecule has 314 valence electrons. The van der Waals surface area contributed by atoms with Crippen LogP contribution in [0.15, 0.2) is 18.2 Å². The summed E-state index contributed by atoms with van der Waals surface area (Å²) in [5.74, 6) is -2.27. The van der Waals surface area contributed by atoms with Gasteiger partial charge in [0, 0.05) is 6.42 Å². The van der Waals surface area contributed by atoms with E-state index in [-0.39, 0.29) is 18.9 Å². The van der Waals surface area contributed by atoms with Crippen molar-refractivity contribution in [1.82, 2.24) is 5.32 Å². The van der Waals surface area contributed by atoms with E-state index in [9.17, 15) is 49.3 Å². The zero-order chi connectivity index (χ0) is 39.7. The number of unbranched alkanes of at least 4 members (excludes halogenated alkanes) is 17. The Balaban J connectivity index is 1.74. The van der Waals surface area contributed by atoms with Crippen LogP contribution in [0.25, 0.3) is 0 Å². The van der Waals surface area contributed by atoms with Gasteiger partial charge < -0.3 is 50.5 Å². The molecule has 1 aliphatic heterocycles. The molecule has 11 nitrogen and oxygen atoms in total. The van der Waals surface area contributed by atoms with Gasteiger partial charge in [0.2, 0.25) is 5.91 Å². The fourth-order valence-electron chi connectivity index (χ4n) is 6.94. The summed E-state index contributed by atoms with van der Waals surface area (Å²) >= 11 is 0. The Morgan fingerprint density at radius 3 is 1.83 bits per heavy atom. The molecule has 13 heteroatoms. The highest BCUT2D eigenvalue weighted by Gasteiger charge is 2.44. The topological polar surface area (TPSA) is 189 Å². The van der Waals surface area contributed by atoms with Crippen molar-refractivity contribution in [3.63, 3.8) is 0 Å². The lowest BCUT2D eigenvalue weighted by molar-refractivity contribution is -0.303. The molecule has 0 bridgehead atoms. The van der Waals surface area contributed by atoms with Gasteiger partial charge in [-0.25, -0.2) is 8.78 Å². The van der Waals surface area contributed by atoms with E-state index < -0.39 is 73.3 Å². The van der Waals surface area contributed by atoms with Crippen molar-refractivity contribution in [2.45, 2.75) is 203 Å². The molecule has 54 heavy (non-hydrogen) atoms. The van der Waals surface area contributed by atoms with Crippen molar-refractivity contribution in [3.8, 4) is 0 Å². The monoisotopic (exact) mass is 776 g/mol. The Morgan fingerprint density at radius 1 is 0.741 bits per heavy atom. The summed E-state index contributed by atoms with van der Waals surface area (Å²) < 4.78 is 37.6. The maximum absolute atomic E-state index is 13.4. The van der Waals surface area contributed by atoms with Gasteiger partial charge in [-0.05, 0) is 37.0 Å². The van der Waals surface area contributed by atoms with E-state index >= 15 is 0 Å². The molecule has 2 rings (SSSR count). The van der Waals surface area contributed by atoms with Crippen LogP contribution < -0.4 is 5.32 Å². The molecule has 0 radical (unpaired) electrons. The van der Waals surface area contributed by atoms with Gasteiger partial charge in [-0.3, -0.25) is 4.79 Å². The molecule has 1 saturated heterocycles. The number of aliphatic hydroxyl groups excluding tert-OH is 7. The molecule has 1 aliphatic rings. The van der Waals surface area contributed by atoms with E-state index in [4.69, 9.17) is 9.47 Å². The van der Waals surface area contributed by atoms with E-state index in [1.54, 1.807) is 0 Å². The van der Waals surface area contributed by atoms with Crippen LogP contribution in [0.4, 0.5) is 8.78 Å². The summed E-state index contributed by atoms with van der Waals surface area (Å²) in [7, 11) is 0. The van der Waals surface area contributed by atoms with Gasteiger partial charge in [-0.15, -0.1) is 0 Å². The van der Waals surface area contributed by atoms with Crippen molar-refractivity contribution in [1.29, 1.82) is 0 Å². The Morgan fingerprint density at radius 2 is 1.28 bits per heavy atom. The Kier molecular flexibility index (Phi) is 25.6. The molecule has 0 spiro atoms. The van der Waals surface area contributed by atoms with Crippen LogP contribution in [0.1, 0.15) is 160 Å². The number of ether oxygens (including phenoxy) is 2. The molecule has 1 aromatic rings. The van der Waals surface area contributed by atoms with Crippen molar-refractivity contribution in [2.24, 2.45) is 0 Å².